The molecule has 2 aliphatic heterocycles. The molecule has 2 saturated carbocycles. The summed E-state index contributed by atoms with van der Waals surface area (Å²) in [6.45, 7) is 2.75. The van der Waals surface area contributed by atoms with E-state index in [0.29, 0.717) is 36.2 Å². The summed E-state index contributed by atoms with van der Waals surface area (Å²) >= 11 is 0. The molecule has 2 amide bonds. The van der Waals surface area contributed by atoms with Gasteiger partial charge in [-0.25, -0.2) is 0 Å². The van der Waals surface area contributed by atoms with Gasteiger partial charge in [-0.05, 0) is 56.4 Å². The summed E-state index contributed by atoms with van der Waals surface area (Å²) < 4.78 is 12.7. The number of carbonyl (C=O) groups is 2. The van der Waals surface area contributed by atoms with Gasteiger partial charge in [-0.3, -0.25) is 14.3 Å². The zero-order valence-corrected chi connectivity index (χ0v) is 19.7. The van der Waals surface area contributed by atoms with Crippen molar-refractivity contribution < 1.29 is 19.1 Å². The maximum Gasteiger partial charge on any atom is 0.273 e. The molecule has 34 heavy (non-hydrogen) atoms. The fourth-order valence-corrected chi connectivity index (χ4v) is 5.47. The molecule has 1 aromatic heterocycles. The van der Waals surface area contributed by atoms with Gasteiger partial charge in [0.1, 0.15) is 11.2 Å². The van der Waals surface area contributed by atoms with Crippen LogP contribution in [0.1, 0.15) is 86.0 Å². The molecule has 6 rings (SSSR count). The van der Waals surface area contributed by atoms with E-state index in [1.807, 2.05) is 31.2 Å². The Hall–Kier alpha value is -3.03. The minimum Gasteiger partial charge on any atom is -0.454 e. The van der Waals surface area contributed by atoms with Crippen molar-refractivity contribution >= 4 is 11.8 Å². The van der Waals surface area contributed by atoms with Gasteiger partial charge >= 0.3 is 0 Å². The molecule has 2 aliphatic carbocycles. The van der Waals surface area contributed by atoms with Crippen LogP contribution in [0.2, 0.25) is 0 Å². The lowest BCUT2D eigenvalue weighted by molar-refractivity contribution is -0.134. The molecule has 1 atom stereocenters. The highest BCUT2D eigenvalue weighted by molar-refractivity contribution is 5.99. The second-order valence-corrected chi connectivity index (χ2v) is 10.4. The number of carbonyl (C=O) groups excluding carboxylic acids is 2. The fraction of sp³-hybridized carbons (Fsp3) is 0.577. The van der Waals surface area contributed by atoms with Crippen molar-refractivity contribution in [1.29, 1.82) is 0 Å². The molecule has 2 fully saturated rings. The number of ether oxygens (including phenoxy) is 2. The highest BCUT2D eigenvalue weighted by atomic mass is 16.7. The van der Waals surface area contributed by atoms with Crippen LogP contribution in [-0.2, 0) is 17.9 Å². The molecule has 3 heterocycles. The monoisotopic (exact) mass is 464 g/mol. The molecule has 1 unspecified atom stereocenters. The molecule has 1 N–H and O–H groups in total. The lowest BCUT2D eigenvalue weighted by Crippen LogP contribution is -2.64. The number of aromatic nitrogens is 2. The van der Waals surface area contributed by atoms with Gasteiger partial charge in [0.25, 0.3) is 5.91 Å². The lowest BCUT2D eigenvalue weighted by Gasteiger charge is -2.44. The predicted octanol–water partition coefficient (Wildman–Crippen LogP) is 3.74. The average molecular weight is 465 g/mol. The summed E-state index contributed by atoms with van der Waals surface area (Å²) in [5, 5.41) is 8.05. The van der Waals surface area contributed by atoms with E-state index >= 15 is 0 Å². The molecular weight excluding hydrogens is 432 g/mol. The SMILES string of the molecule is CC1(C(=O)NC2CCCCCC2)Cn2nc(C3CC3)cc2C(=O)N1Cc1ccc2c(c1)OCO2. The number of nitrogens with one attached hydrogen (secondary N) is 1. The zero-order valence-electron chi connectivity index (χ0n) is 19.7. The molecule has 0 bridgehead atoms. The van der Waals surface area contributed by atoms with Crippen molar-refractivity contribution in [3.63, 3.8) is 0 Å². The number of rotatable bonds is 5. The second kappa shape index (κ2) is 8.32. The molecule has 0 spiro atoms. The number of amides is 2. The van der Waals surface area contributed by atoms with Crippen LogP contribution >= 0.6 is 0 Å². The number of benzene rings is 1. The molecule has 2 aromatic rings. The van der Waals surface area contributed by atoms with E-state index in [1.54, 1.807) is 9.58 Å². The molecule has 8 nitrogen and oxygen atoms in total. The van der Waals surface area contributed by atoms with Crippen LogP contribution in [0.15, 0.2) is 24.3 Å². The highest BCUT2D eigenvalue weighted by Crippen LogP contribution is 2.41. The maximum absolute atomic E-state index is 13.8. The summed E-state index contributed by atoms with van der Waals surface area (Å²) in [7, 11) is 0. The smallest absolute Gasteiger partial charge is 0.273 e. The van der Waals surface area contributed by atoms with E-state index in [4.69, 9.17) is 14.6 Å². The lowest BCUT2D eigenvalue weighted by atomic mass is 9.93. The third-order valence-corrected chi connectivity index (χ3v) is 7.77. The Balaban J connectivity index is 1.32. The first-order valence-electron chi connectivity index (χ1n) is 12.6. The molecule has 180 valence electrons. The molecule has 4 aliphatic rings. The van der Waals surface area contributed by atoms with Gasteiger partial charge in [-0.2, -0.15) is 5.10 Å². The Bertz CT molecular complexity index is 1120. The van der Waals surface area contributed by atoms with Gasteiger partial charge in [-0.15, -0.1) is 0 Å². The Kier molecular flexibility index (Phi) is 5.26. The van der Waals surface area contributed by atoms with E-state index in [-0.39, 0.29) is 24.6 Å². The molecule has 1 aromatic carbocycles. The summed E-state index contributed by atoms with van der Waals surface area (Å²) in [5.41, 5.74) is 1.41. The normalized spacial score (nSPS) is 24.6. The molecule has 8 heteroatoms. The first-order valence-corrected chi connectivity index (χ1v) is 12.6. The summed E-state index contributed by atoms with van der Waals surface area (Å²) in [5.74, 6) is 1.58. The van der Waals surface area contributed by atoms with E-state index < -0.39 is 5.54 Å². The highest BCUT2D eigenvalue weighted by Gasteiger charge is 2.49. The van der Waals surface area contributed by atoms with Crippen molar-refractivity contribution in [1.82, 2.24) is 20.0 Å². The van der Waals surface area contributed by atoms with Crippen LogP contribution in [0.5, 0.6) is 11.5 Å². The Morgan fingerprint density at radius 3 is 2.62 bits per heavy atom. The van der Waals surface area contributed by atoms with Crippen LogP contribution < -0.4 is 14.8 Å². The van der Waals surface area contributed by atoms with Crippen LogP contribution in [0.4, 0.5) is 0 Å². The van der Waals surface area contributed by atoms with E-state index in [1.165, 1.54) is 12.8 Å². The van der Waals surface area contributed by atoms with Gasteiger partial charge < -0.3 is 19.7 Å². The van der Waals surface area contributed by atoms with Crippen LogP contribution in [0.25, 0.3) is 0 Å². The Morgan fingerprint density at radius 1 is 1.09 bits per heavy atom. The van der Waals surface area contributed by atoms with Gasteiger partial charge in [0.2, 0.25) is 12.7 Å². The minimum absolute atomic E-state index is 0.0948. The van der Waals surface area contributed by atoms with Crippen molar-refractivity contribution in [3.8, 4) is 11.5 Å². The zero-order chi connectivity index (χ0) is 23.3. The van der Waals surface area contributed by atoms with Crippen LogP contribution in [0.3, 0.4) is 0 Å². The topological polar surface area (TPSA) is 85.7 Å². The summed E-state index contributed by atoms with van der Waals surface area (Å²) in [6, 6.07) is 7.79. The minimum atomic E-state index is -1.04. The van der Waals surface area contributed by atoms with E-state index in [9.17, 15) is 9.59 Å². The van der Waals surface area contributed by atoms with Crippen LogP contribution in [0, 0.1) is 0 Å². The van der Waals surface area contributed by atoms with Crippen LogP contribution in [-0.4, -0.2) is 44.9 Å². The predicted molar refractivity (Wildman–Crippen MR) is 125 cm³/mol. The number of nitrogens with zero attached hydrogens (tertiary/aromatic N) is 3. The number of hydrogen-bond donors (Lipinski definition) is 1. The van der Waals surface area contributed by atoms with E-state index in [2.05, 4.69) is 5.32 Å². The van der Waals surface area contributed by atoms with E-state index in [0.717, 1.165) is 49.8 Å². The first-order chi connectivity index (χ1) is 16.5. The Morgan fingerprint density at radius 2 is 1.85 bits per heavy atom. The van der Waals surface area contributed by atoms with Crippen molar-refractivity contribution in [2.45, 2.75) is 88.9 Å². The standard InChI is InChI=1S/C26H32N4O4/c1-26(25(32)27-19-6-4-2-3-5-7-19)15-30-21(13-20(28-30)18-9-10-18)24(31)29(26)14-17-8-11-22-23(12-17)34-16-33-22/h8,11-13,18-19H,2-7,9-10,14-16H2,1H3,(H,27,32). The number of hydrogen-bond acceptors (Lipinski definition) is 5. The molecular formula is C26H32N4O4. The fourth-order valence-electron chi connectivity index (χ4n) is 5.47. The third kappa shape index (κ3) is 3.83. The van der Waals surface area contributed by atoms with Gasteiger partial charge in [0.05, 0.1) is 12.2 Å². The van der Waals surface area contributed by atoms with Crippen molar-refractivity contribution in [2.24, 2.45) is 0 Å². The molecule has 0 saturated heterocycles. The average Bonchev–Trinajstić information content (AvgIpc) is 3.51. The maximum atomic E-state index is 13.8. The Labute approximate surface area is 199 Å². The van der Waals surface area contributed by atoms with Gasteiger partial charge in [-0.1, -0.05) is 31.7 Å². The largest absolute Gasteiger partial charge is 0.454 e. The number of fused-ring (bicyclic) bond motifs is 2. The van der Waals surface area contributed by atoms with Crippen molar-refractivity contribution in [3.05, 3.63) is 41.2 Å². The second-order valence-electron chi connectivity index (χ2n) is 10.4. The first kappa shape index (κ1) is 21.5. The van der Waals surface area contributed by atoms with Gasteiger partial charge in [0, 0.05) is 18.5 Å². The molecule has 0 radical (unpaired) electrons. The summed E-state index contributed by atoms with van der Waals surface area (Å²) in [6.07, 6.45) is 8.94. The quantitative estimate of drug-likeness (QED) is 0.682. The van der Waals surface area contributed by atoms with Gasteiger partial charge in [0.15, 0.2) is 11.5 Å². The summed E-state index contributed by atoms with van der Waals surface area (Å²) in [4.78, 5) is 29.3. The third-order valence-electron chi connectivity index (χ3n) is 7.77. The van der Waals surface area contributed by atoms with Crippen molar-refractivity contribution in [2.75, 3.05) is 6.79 Å².